The number of anilines is 1. The molecule has 25 heavy (non-hydrogen) atoms. The predicted molar refractivity (Wildman–Crippen MR) is 112 cm³/mol. The van der Waals surface area contributed by atoms with E-state index < -0.39 is 11.8 Å². The number of carbonyl (C=O) groups excluding carboxylic acids is 2. The van der Waals surface area contributed by atoms with Crippen molar-refractivity contribution in [2.75, 3.05) is 4.90 Å². The molecule has 0 bridgehead atoms. The molecule has 0 radical (unpaired) electrons. The van der Waals surface area contributed by atoms with E-state index in [1.54, 1.807) is 18.2 Å². The van der Waals surface area contributed by atoms with Crippen molar-refractivity contribution >= 4 is 86.7 Å². The van der Waals surface area contributed by atoms with Gasteiger partial charge in [0.2, 0.25) is 0 Å². The van der Waals surface area contributed by atoms with Gasteiger partial charge in [0, 0.05) is 3.57 Å². The van der Waals surface area contributed by atoms with E-state index in [1.165, 1.54) is 11.0 Å². The topological polar surface area (TPSA) is 49.4 Å². The summed E-state index contributed by atoms with van der Waals surface area (Å²) in [6.07, 6.45) is 1.51. The number of nitrogens with one attached hydrogen (secondary N) is 1. The maximum absolute atomic E-state index is 12.9. The van der Waals surface area contributed by atoms with Crippen LogP contribution >= 0.6 is 58.0 Å². The molecule has 0 atom stereocenters. The lowest BCUT2D eigenvalue weighted by Crippen LogP contribution is -2.54. The van der Waals surface area contributed by atoms with Crippen LogP contribution in [0.15, 0.2) is 48.0 Å². The number of benzene rings is 2. The van der Waals surface area contributed by atoms with Gasteiger partial charge in [-0.3, -0.25) is 19.8 Å². The molecule has 0 unspecified atom stereocenters. The molecule has 0 saturated carbocycles. The van der Waals surface area contributed by atoms with Gasteiger partial charge in [0.05, 0.1) is 15.7 Å². The standard InChI is InChI=1S/C17H9Cl2IN2O2S/c18-12-2-1-3-13(14(12)19)22-16(24)11(15(23)21-17(22)25)8-9-4-6-10(20)7-5-9/h1-8H,(H,21,23,25)/b11-8+. The molecule has 2 amide bonds. The van der Waals surface area contributed by atoms with Crippen molar-refractivity contribution in [3.05, 3.63) is 67.2 Å². The van der Waals surface area contributed by atoms with Crippen molar-refractivity contribution in [3.8, 4) is 0 Å². The highest BCUT2D eigenvalue weighted by molar-refractivity contribution is 14.1. The summed E-state index contributed by atoms with van der Waals surface area (Å²) < 4.78 is 1.05. The highest BCUT2D eigenvalue weighted by atomic mass is 127. The first kappa shape index (κ1) is 18.3. The molecule has 1 heterocycles. The van der Waals surface area contributed by atoms with E-state index in [2.05, 4.69) is 27.9 Å². The Bertz CT molecular complexity index is 929. The van der Waals surface area contributed by atoms with Crippen molar-refractivity contribution in [1.82, 2.24) is 5.32 Å². The Hall–Kier alpha value is -1.48. The van der Waals surface area contributed by atoms with Gasteiger partial charge < -0.3 is 0 Å². The number of thiocarbonyl (C=S) groups is 1. The van der Waals surface area contributed by atoms with Crippen LogP contribution in [0.1, 0.15) is 5.56 Å². The van der Waals surface area contributed by atoms with Gasteiger partial charge in [0.1, 0.15) is 5.57 Å². The lowest BCUT2D eigenvalue weighted by atomic mass is 10.1. The lowest BCUT2D eigenvalue weighted by Gasteiger charge is -2.29. The Morgan fingerprint density at radius 1 is 1.08 bits per heavy atom. The molecular formula is C17H9Cl2IN2O2S. The lowest BCUT2D eigenvalue weighted by molar-refractivity contribution is -0.122. The van der Waals surface area contributed by atoms with Crippen molar-refractivity contribution in [1.29, 1.82) is 0 Å². The summed E-state index contributed by atoms with van der Waals surface area (Å²) in [7, 11) is 0. The number of nitrogens with zero attached hydrogens (tertiary/aromatic N) is 1. The highest BCUT2D eigenvalue weighted by Gasteiger charge is 2.35. The minimum Gasteiger partial charge on any atom is -0.298 e. The second-order valence-corrected chi connectivity index (χ2v) is 7.50. The van der Waals surface area contributed by atoms with Crippen molar-refractivity contribution in [2.45, 2.75) is 0 Å². The molecule has 0 aromatic heterocycles. The van der Waals surface area contributed by atoms with Gasteiger partial charge in [0.25, 0.3) is 11.8 Å². The van der Waals surface area contributed by atoms with Crippen LogP contribution in [0.25, 0.3) is 6.08 Å². The summed E-state index contributed by atoms with van der Waals surface area (Å²) in [5, 5.41) is 2.94. The molecule has 1 fully saturated rings. The van der Waals surface area contributed by atoms with E-state index in [9.17, 15) is 9.59 Å². The number of carbonyl (C=O) groups is 2. The SMILES string of the molecule is O=C1NC(=S)N(c2cccc(Cl)c2Cl)C(=O)/C1=C/c1ccc(I)cc1. The second-order valence-electron chi connectivity index (χ2n) is 5.08. The van der Waals surface area contributed by atoms with Gasteiger partial charge in [0.15, 0.2) is 5.11 Å². The van der Waals surface area contributed by atoms with Gasteiger partial charge in [-0.05, 0) is 70.7 Å². The smallest absolute Gasteiger partial charge is 0.270 e. The average molecular weight is 503 g/mol. The van der Waals surface area contributed by atoms with Crippen molar-refractivity contribution in [2.24, 2.45) is 0 Å². The Labute approximate surface area is 172 Å². The molecule has 1 aliphatic rings. The average Bonchev–Trinajstić information content (AvgIpc) is 2.57. The van der Waals surface area contributed by atoms with E-state index in [0.29, 0.717) is 5.69 Å². The van der Waals surface area contributed by atoms with Crippen molar-refractivity contribution in [3.63, 3.8) is 0 Å². The fourth-order valence-corrected chi connectivity index (χ4v) is 3.28. The maximum Gasteiger partial charge on any atom is 0.270 e. The minimum atomic E-state index is -0.559. The zero-order valence-corrected chi connectivity index (χ0v) is 16.9. The van der Waals surface area contributed by atoms with E-state index in [0.717, 1.165) is 9.13 Å². The number of hydrogen-bond acceptors (Lipinski definition) is 3. The molecule has 0 spiro atoms. The zero-order chi connectivity index (χ0) is 18.1. The summed E-state index contributed by atoms with van der Waals surface area (Å²) in [5.74, 6) is -1.11. The van der Waals surface area contributed by atoms with E-state index >= 15 is 0 Å². The Balaban J connectivity index is 2.05. The Morgan fingerprint density at radius 3 is 2.44 bits per heavy atom. The fraction of sp³-hybridized carbons (Fsp3) is 0. The van der Waals surface area contributed by atoms with Gasteiger partial charge in [-0.15, -0.1) is 0 Å². The first-order chi connectivity index (χ1) is 11.9. The van der Waals surface area contributed by atoms with Crippen molar-refractivity contribution < 1.29 is 9.59 Å². The summed E-state index contributed by atoms with van der Waals surface area (Å²) in [4.78, 5) is 26.3. The van der Waals surface area contributed by atoms with E-state index in [-0.39, 0.29) is 20.7 Å². The van der Waals surface area contributed by atoms with E-state index in [4.69, 9.17) is 35.4 Å². The molecule has 1 saturated heterocycles. The molecule has 4 nitrogen and oxygen atoms in total. The zero-order valence-electron chi connectivity index (χ0n) is 12.4. The third-order valence-electron chi connectivity index (χ3n) is 3.45. The second kappa shape index (κ2) is 7.41. The van der Waals surface area contributed by atoms with Crippen LogP contribution in [-0.4, -0.2) is 16.9 Å². The quantitative estimate of drug-likeness (QED) is 0.286. The molecule has 8 heteroatoms. The van der Waals surface area contributed by atoms with Crippen LogP contribution in [0.2, 0.25) is 10.0 Å². The van der Waals surface area contributed by atoms with Gasteiger partial charge in [-0.1, -0.05) is 41.4 Å². The largest absolute Gasteiger partial charge is 0.298 e. The molecule has 2 aromatic carbocycles. The van der Waals surface area contributed by atoms with Crippen LogP contribution in [0.5, 0.6) is 0 Å². The Morgan fingerprint density at radius 2 is 1.76 bits per heavy atom. The van der Waals surface area contributed by atoms with Crippen LogP contribution in [-0.2, 0) is 9.59 Å². The third-order valence-corrected chi connectivity index (χ3v) is 5.27. The summed E-state index contributed by atoms with van der Waals surface area (Å²) in [5.41, 5.74) is 1.01. The molecule has 2 aromatic rings. The van der Waals surface area contributed by atoms with Crippen LogP contribution in [0, 0.1) is 3.57 Å². The van der Waals surface area contributed by atoms with Crippen LogP contribution < -0.4 is 10.2 Å². The first-order valence-electron chi connectivity index (χ1n) is 6.99. The molecule has 0 aliphatic carbocycles. The number of hydrogen-bond donors (Lipinski definition) is 1. The normalized spacial score (nSPS) is 16.4. The predicted octanol–water partition coefficient (Wildman–Crippen LogP) is 4.43. The highest BCUT2D eigenvalue weighted by Crippen LogP contribution is 2.34. The summed E-state index contributed by atoms with van der Waals surface area (Å²) in [6, 6.07) is 12.3. The molecular weight excluding hydrogens is 494 g/mol. The molecule has 126 valence electrons. The third kappa shape index (κ3) is 3.72. The molecule has 1 N–H and O–H groups in total. The van der Waals surface area contributed by atoms with Crippen LogP contribution in [0.3, 0.4) is 0 Å². The minimum absolute atomic E-state index is 0.0362. The fourth-order valence-electron chi connectivity index (χ4n) is 2.27. The van der Waals surface area contributed by atoms with Gasteiger partial charge in [-0.2, -0.15) is 0 Å². The monoisotopic (exact) mass is 502 g/mol. The summed E-state index contributed by atoms with van der Waals surface area (Å²) >= 11 is 19.5. The Kier molecular flexibility index (Phi) is 5.43. The summed E-state index contributed by atoms with van der Waals surface area (Å²) in [6.45, 7) is 0. The number of amides is 2. The van der Waals surface area contributed by atoms with Crippen LogP contribution in [0.4, 0.5) is 5.69 Å². The molecule has 1 aliphatic heterocycles. The van der Waals surface area contributed by atoms with E-state index in [1.807, 2.05) is 24.3 Å². The number of halogens is 3. The molecule has 3 rings (SSSR count). The van der Waals surface area contributed by atoms with Gasteiger partial charge >= 0.3 is 0 Å². The van der Waals surface area contributed by atoms with Gasteiger partial charge in [-0.25, -0.2) is 0 Å². The maximum atomic E-state index is 12.9. The number of rotatable bonds is 2. The first-order valence-corrected chi connectivity index (χ1v) is 9.24.